The third-order valence-corrected chi connectivity index (χ3v) is 4.93. The van der Waals surface area contributed by atoms with Crippen molar-refractivity contribution in [3.05, 3.63) is 34.9 Å². The highest BCUT2D eigenvalue weighted by molar-refractivity contribution is 5.74. The fourth-order valence-electron chi connectivity index (χ4n) is 3.53. The molecule has 0 radical (unpaired) electrons. The normalized spacial score (nSPS) is 19.8. The van der Waals surface area contributed by atoms with Gasteiger partial charge < -0.3 is 15.1 Å². The van der Waals surface area contributed by atoms with E-state index in [9.17, 15) is 4.79 Å². The van der Waals surface area contributed by atoms with Crippen molar-refractivity contribution in [3.63, 3.8) is 0 Å². The van der Waals surface area contributed by atoms with Crippen LogP contribution in [0.4, 0.5) is 4.79 Å². The number of hydrogen-bond acceptors (Lipinski definition) is 3. The number of benzene rings is 1. The van der Waals surface area contributed by atoms with Crippen LogP contribution >= 0.6 is 0 Å². The summed E-state index contributed by atoms with van der Waals surface area (Å²) in [4.78, 5) is 18.9. The molecule has 0 atom stereocenters. The first-order valence-corrected chi connectivity index (χ1v) is 8.08. The van der Waals surface area contributed by atoms with Gasteiger partial charge in [-0.15, -0.1) is 0 Å². The molecule has 0 unspecified atom stereocenters. The Hall–Kier alpha value is -1.59. The monoisotopic (exact) mass is 303 g/mol. The Bertz CT molecular complexity index is 539. The number of nitrogens with one attached hydrogen (secondary N) is 1. The van der Waals surface area contributed by atoms with Crippen LogP contribution < -0.4 is 5.32 Å². The molecule has 0 aromatic heterocycles. The molecule has 2 aliphatic rings. The van der Waals surface area contributed by atoms with Crippen LogP contribution in [0.1, 0.15) is 35.4 Å². The molecule has 0 aliphatic carbocycles. The molecule has 3 rings (SSSR count). The van der Waals surface area contributed by atoms with Crippen molar-refractivity contribution in [1.82, 2.24) is 15.3 Å². The molecule has 2 amide bonds. The minimum absolute atomic E-state index is 0.0154. The molecule has 0 saturated carbocycles. The van der Waals surface area contributed by atoms with Crippen molar-refractivity contribution >= 4 is 6.03 Å². The van der Waals surface area contributed by atoms with Gasteiger partial charge in [-0.05, 0) is 41.9 Å². The second-order valence-corrected chi connectivity index (χ2v) is 6.14. The lowest BCUT2D eigenvalue weighted by Gasteiger charge is -2.32. The maximum Gasteiger partial charge on any atom is 0.317 e. The number of nitrogens with zero attached hydrogens (tertiary/aromatic N) is 2. The predicted molar refractivity (Wildman–Crippen MR) is 85.6 cm³/mol. The Morgan fingerprint density at radius 2 is 2.00 bits per heavy atom. The van der Waals surface area contributed by atoms with Crippen LogP contribution in [-0.2, 0) is 17.8 Å². The number of carbonyl (C=O) groups is 1. The standard InChI is InChI=1S/C17H25N3O2/c1-18-17(21)19-8-5-15-11-14(3-4-16(15)12-19)13-6-9-20(22-2)10-7-13/h3-4,11,13H,5-10,12H2,1-2H3,(H,18,21). The molecule has 0 bridgehead atoms. The Kier molecular flexibility index (Phi) is 4.64. The second kappa shape index (κ2) is 6.67. The number of carbonyl (C=O) groups excluding carboxylic acids is 1. The molecular formula is C17H25N3O2. The van der Waals surface area contributed by atoms with Gasteiger partial charge in [-0.25, -0.2) is 4.79 Å². The molecule has 1 saturated heterocycles. The van der Waals surface area contributed by atoms with E-state index in [0.29, 0.717) is 5.92 Å². The maximum absolute atomic E-state index is 11.7. The van der Waals surface area contributed by atoms with Crippen LogP contribution in [0.15, 0.2) is 18.2 Å². The Morgan fingerprint density at radius 1 is 1.23 bits per heavy atom. The molecule has 1 N–H and O–H groups in total. The second-order valence-electron chi connectivity index (χ2n) is 6.14. The number of piperidine rings is 1. The molecule has 1 fully saturated rings. The minimum atomic E-state index is 0.0154. The van der Waals surface area contributed by atoms with E-state index in [-0.39, 0.29) is 6.03 Å². The molecule has 5 heteroatoms. The van der Waals surface area contributed by atoms with E-state index < -0.39 is 0 Å². The summed E-state index contributed by atoms with van der Waals surface area (Å²) >= 11 is 0. The van der Waals surface area contributed by atoms with Gasteiger partial charge in [0.1, 0.15) is 0 Å². The highest BCUT2D eigenvalue weighted by Gasteiger charge is 2.23. The summed E-state index contributed by atoms with van der Waals surface area (Å²) in [6.45, 7) is 3.53. The lowest BCUT2D eigenvalue weighted by atomic mass is 9.87. The van der Waals surface area contributed by atoms with Crippen LogP contribution in [0, 0.1) is 0 Å². The summed E-state index contributed by atoms with van der Waals surface area (Å²) in [6, 6.07) is 6.84. The number of urea groups is 1. The third kappa shape index (κ3) is 3.10. The van der Waals surface area contributed by atoms with Crippen LogP contribution in [0.3, 0.4) is 0 Å². The predicted octanol–water partition coefficient (Wildman–Crippen LogP) is 2.12. The fourth-order valence-corrected chi connectivity index (χ4v) is 3.53. The average molecular weight is 303 g/mol. The molecule has 22 heavy (non-hydrogen) atoms. The first kappa shape index (κ1) is 15.3. The molecule has 0 spiro atoms. The maximum atomic E-state index is 11.7. The van der Waals surface area contributed by atoms with Crippen LogP contribution in [-0.4, -0.2) is 49.8 Å². The van der Waals surface area contributed by atoms with Gasteiger partial charge in [0.2, 0.25) is 0 Å². The molecule has 1 aromatic rings. The Morgan fingerprint density at radius 3 is 2.68 bits per heavy atom. The molecule has 5 nitrogen and oxygen atoms in total. The minimum Gasteiger partial charge on any atom is -0.341 e. The molecule has 120 valence electrons. The summed E-state index contributed by atoms with van der Waals surface area (Å²) < 4.78 is 0. The highest BCUT2D eigenvalue weighted by Crippen LogP contribution is 2.30. The van der Waals surface area contributed by atoms with Gasteiger partial charge in [-0.1, -0.05) is 18.2 Å². The van der Waals surface area contributed by atoms with Crippen LogP contribution in [0.2, 0.25) is 0 Å². The number of fused-ring (bicyclic) bond motifs is 1. The van der Waals surface area contributed by atoms with Crippen molar-refractivity contribution in [2.75, 3.05) is 33.8 Å². The van der Waals surface area contributed by atoms with E-state index in [0.717, 1.165) is 45.4 Å². The van der Waals surface area contributed by atoms with Gasteiger partial charge in [-0.3, -0.25) is 0 Å². The van der Waals surface area contributed by atoms with Crippen molar-refractivity contribution in [3.8, 4) is 0 Å². The van der Waals surface area contributed by atoms with E-state index in [1.165, 1.54) is 16.7 Å². The van der Waals surface area contributed by atoms with Crippen LogP contribution in [0.25, 0.3) is 0 Å². The van der Waals surface area contributed by atoms with Crippen molar-refractivity contribution < 1.29 is 9.63 Å². The van der Waals surface area contributed by atoms with Crippen LogP contribution in [0.5, 0.6) is 0 Å². The summed E-state index contributed by atoms with van der Waals surface area (Å²) in [6.07, 6.45) is 3.25. The zero-order valence-electron chi connectivity index (χ0n) is 13.5. The van der Waals surface area contributed by atoms with E-state index in [4.69, 9.17) is 4.84 Å². The SMILES string of the molecule is CNC(=O)N1CCc2cc(C3CCN(OC)CC3)ccc2C1. The van der Waals surface area contributed by atoms with Gasteiger partial charge >= 0.3 is 6.03 Å². The molecule has 2 aliphatic heterocycles. The third-order valence-electron chi connectivity index (χ3n) is 4.93. The van der Waals surface area contributed by atoms with Crippen molar-refractivity contribution in [1.29, 1.82) is 0 Å². The topological polar surface area (TPSA) is 44.8 Å². The van der Waals surface area contributed by atoms with Gasteiger partial charge in [0.25, 0.3) is 0 Å². The van der Waals surface area contributed by atoms with Gasteiger partial charge in [0, 0.05) is 33.2 Å². The molecular weight excluding hydrogens is 278 g/mol. The van der Waals surface area contributed by atoms with Gasteiger partial charge in [0.15, 0.2) is 0 Å². The fraction of sp³-hybridized carbons (Fsp3) is 0.588. The Balaban J connectivity index is 1.69. The number of amides is 2. The zero-order chi connectivity index (χ0) is 15.5. The molecule has 1 aromatic carbocycles. The zero-order valence-corrected chi connectivity index (χ0v) is 13.5. The van der Waals surface area contributed by atoms with Crippen molar-refractivity contribution in [2.24, 2.45) is 0 Å². The quantitative estimate of drug-likeness (QED) is 0.910. The summed E-state index contributed by atoms with van der Waals surface area (Å²) in [5.41, 5.74) is 4.14. The Labute approximate surface area is 132 Å². The van der Waals surface area contributed by atoms with E-state index >= 15 is 0 Å². The smallest absolute Gasteiger partial charge is 0.317 e. The summed E-state index contributed by atoms with van der Waals surface area (Å²) in [5, 5.41) is 4.75. The largest absolute Gasteiger partial charge is 0.341 e. The average Bonchev–Trinajstić information content (AvgIpc) is 2.60. The lowest BCUT2D eigenvalue weighted by Crippen LogP contribution is -2.41. The van der Waals surface area contributed by atoms with E-state index in [1.54, 1.807) is 14.2 Å². The summed E-state index contributed by atoms with van der Waals surface area (Å²) in [5.74, 6) is 0.633. The van der Waals surface area contributed by atoms with Crippen molar-refractivity contribution in [2.45, 2.75) is 31.7 Å². The molecule has 2 heterocycles. The number of hydrogen-bond donors (Lipinski definition) is 1. The summed E-state index contributed by atoms with van der Waals surface area (Å²) in [7, 11) is 3.44. The van der Waals surface area contributed by atoms with Gasteiger partial charge in [0.05, 0.1) is 7.11 Å². The van der Waals surface area contributed by atoms with E-state index in [1.807, 2.05) is 9.96 Å². The number of hydroxylamine groups is 2. The number of rotatable bonds is 2. The van der Waals surface area contributed by atoms with E-state index in [2.05, 4.69) is 23.5 Å². The lowest BCUT2D eigenvalue weighted by molar-refractivity contribution is -0.143. The highest BCUT2D eigenvalue weighted by atomic mass is 16.7. The first-order chi connectivity index (χ1) is 10.7. The first-order valence-electron chi connectivity index (χ1n) is 8.08. The van der Waals surface area contributed by atoms with Gasteiger partial charge in [-0.2, -0.15) is 5.06 Å².